The molecule has 4 heteroatoms. The van der Waals surface area contributed by atoms with E-state index < -0.39 is 18.4 Å². The number of unbranched alkanes of at least 4 members (excludes halogenated alkanes) is 1. The zero-order chi connectivity index (χ0) is 12.6. The van der Waals surface area contributed by atoms with Crippen LogP contribution in [0.15, 0.2) is 25.1 Å². The second-order valence-corrected chi connectivity index (χ2v) is 4.02. The van der Waals surface area contributed by atoms with Crippen LogP contribution in [0.5, 0.6) is 0 Å². The van der Waals surface area contributed by atoms with E-state index in [1.54, 1.807) is 6.20 Å². The summed E-state index contributed by atoms with van der Waals surface area (Å²) in [5.74, 6) is 0. The molecule has 0 fully saturated rings. The van der Waals surface area contributed by atoms with Crippen LogP contribution in [0.1, 0.15) is 33.6 Å². The summed E-state index contributed by atoms with van der Waals surface area (Å²) in [5.41, 5.74) is -1.10. The number of ether oxygens (including phenoxy) is 1. The van der Waals surface area contributed by atoms with Crippen LogP contribution in [0.2, 0.25) is 0 Å². The fourth-order valence-electron chi connectivity index (χ4n) is 0.867. The normalized spacial score (nSPS) is 11.5. The van der Waals surface area contributed by atoms with Gasteiger partial charge < -0.3 is 4.74 Å². The van der Waals surface area contributed by atoms with Gasteiger partial charge in [-0.05, 0) is 20.3 Å². The van der Waals surface area contributed by atoms with Crippen molar-refractivity contribution in [1.29, 1.82) is 0 Å². The van der Waals surface area contributed by atoms with Gasteiger partial charge in [0, 0.05) is 12.4 Å². The molecule has 0 bridgehead atoms. The summed E-state index contributed by atoms with van der Waals surface area (Å²) in [7, 11) is 0. The van der Waals surface area contributed by atoms with Crippen molar-refractivity contribution in [3.63, 3.8) is 0 Å². The monoisotopic (exact) mass is 229 g/mol. The van der Waals surface area contributed by atoms with Gasteiger partial charge in [0.25, 0.3) is 0 Å². The molecule has 3 nitrogen and oxygen atoms in total. The molecule has 0 aromatic rings. The molecule has 0 spiro atoms. The lowest BCUT2D eigenvalue weighted by molar-refractivity contribution is 0.0106. The number of rotatable bonds is 6. The summed E-state index contributed by atoms with van der Waals surface area (Å²) in [6.45, 7) is 7.84. The molecule has 0 aliphatic heterocycles. The van der Waals surface area contributed by atoms with E-state index in [1.807, 2.05) is 13.0 Å². The molecule has 0 unspecified atom stereocenters. The minimum Gasteiger partial charge on any atom is -0.440 e. The zero-order valence-corrected chi connectivity index (χ0v) is 10.2. The fraction of sp³-hybridized carbons (Fsp3) is 0.583. The highest BCUT2D eigenvalue weighted by Crippen LogP contribution is 2.12. The van der Waals surface area contributed by atoms with E-state index in [0.29, 0.717) is 0 Å². The van der Waals surface area contributed by atoms with Crippen LogP contribution in [-0.4, -0.2) is 23.3 Å². The van der Waals surface area contributed by atoms with Crippen LogP contribution in [-0.2, 0) is 4.74 Å². The third-order valence-corrected chi connectivity index (χ3v) is 1.81. The highest BCUT2D eigenvalue weighted by atomic mass is 19.1. The Labute approximate surface area is 96.6 Å². The second kappa shape index (κ2) is 7.04. The first-order valence-corrected chi connectivity index (χ1v) is 5.33. The number of alkyl halides is 1. The van der Waals surface area contributed by atoms with E-state index >= 15 is 0 Å². The molecule has 0 atom stereocenters. The Bertz CT molecular complexity index is 262. The maximum absolute atomic E-state index is 12.5. The first-order valence-electron chi connectivity index (χ1n) is 5.33. The molecule has 0 aliphatic rings. The largest absolute Gasteiger partial charge is 0.440 e. The molecule has 92 valence electrons. The van der Waals surface area contributed by atoms with Crippen LogP contribution >= 0.6 is 0 Å². The van der Waals surface area contributed by atoms with Gasteiger partial charge in [-0.15, -0.1) is 0 Å². The van der Waals surface area contributed by atoms with Crippen molar-refractivity contribution in [3.05, 3.63) is 25.1 Å². The molecule has 0 rings (SSSR count). The third kappa shape index (κ3) is 5.53. The maximum Gasteiger partial charge on any atom is 0.418 e. The average molecular weight is 229 g/mol. The lowest BCUT2D eigenvalue weighted by Gasteiger charge is -2.24. The summed E-state index contributed by atoms with van der Waals surface area (Å²) in [6, 6.07) is 0. The summed E-state index contributed by atoms with van der Waals surface area (Å²) in [4.78, 5) is 12.8. The van der Waals surface area contributed by atoms with E-state index in [2.05, 4.69) is 6.58 Å². The van der Waals surface area contributed by atoms with Crippen LogP contribution < -0.4 is 0 Å². The van der Waals surface area contributed by atoms with Crippen molar-refractivity contribution in [2.24, 2.45) is 0 Å². The Morgan fingerprint density at radius 2 is 2.19 bits per heavy atom. The van der Waals surface area contributed by atoms with Crippen molar-refractivity contribution in [2.45, 2.75) is 39.2 Å². The molecule has 16 heavy (non-hydrogen) atoms. The summed E-state index contributed by atoms with van der Waals surface area (Å²) < 4.78 is 17.4. The highest BCUT2D eigenvalue weighted by molar-refractivity contribution is 5.70. The third-order valence-electron chi connectivity index (χ3n) is 1.81. The minimum absolute atomic E-state index is 0.620. The number of carbonyl (C=O) groups is 1. The highest BCUT2D eigenvalue weighted by Gasteiger charge is 2.24. The fourth-order valence-corrected chi connectivity index (χ4v) is 0.867. The quantitative estimate of drug-likeness (QED) is 0.696. The Morgan fingerprint density at radius 3 is 2.62 bits per heavy atom. The molecule has 1 amide bonds. The van der Waals surface area contributed by atoms with Gasteiger partial charge in [-0.25, -0.2) is 9.18 Å². The number of halogens is 1. The molecule has 0 aliphatic carbocycles. The van der Waals surface area contributed by atoms with Gasteiger partial charge in [0.05, 0.1) is 0 Å². The average Bonchev–Trinajstić information content (AvgIpc) is 2.23. The van der Waals surface area contributed by atoms with Crippen LogP contribution in [0.25, 0.3) is 0 Å². The Morgan fingerprint density at radius 1 is 1.56 bits per heavy atom. The molecule has 0 saturated carbocycles. The first-order chi connectivity index (χ1) is 7.46. The number of allylic oxidation sites excluding steroid dienone is 1. The topological polar surface area (TPSA) is 29.5 Å². The van der Waals surface area contributed by atoms with E-state index in [4.69, 9.17) is 4.74 Å². The molecule has 0 N–H and O–H groups in total. The van der Waals surface area contributed by atoms with E-state index in [0.717, 1.165) is 12.8 Å². The van der Waals surface area contributed by atoms with E-state index in [9.17, 15) is 9.18 Å². The van der Waals surface area contributed by atoms with Crippen LogP contribution in [0, 0.1) is 0 Å². The number of nitrogens with zero attached hydrogens (tertiary/aromatic N) is 1. The predicted octanol–water partition coefficient (Wildman–Crippen LogP) is 3.63. The van der Waals surface area contributed by atoms with Crippen molar-refractivity contribution in [2.75, 3.05) is 6.67 Å². The van der Waals surface area contributed by atoms with E-state index in [-0.39, 0.29) is 0 Å². The van der Waals surface area contributed by atoms with Gasteiger partial charge in [0.1, 0.15) is 12.3 Å². The molecule has 0 aromatic carbocycles. The van der Waals surface area contributed by atoms with Gasteiger partial charge >= 0.3 is 6.09 Å². The lowest BCUT2D eigenvalue weighted by Crippen LogP contribution is -2.34. The molecule has 0 radical (unpaired) electrons. The zero-order valence-electron chi connectivity index (χ0n) is 10.2. The number of carbonyl (C=O) groups excluding carboxylic acids is 1. The Kier molecular flexibility index (Phi) is 6.46. The van der Waals surface area contributed by atoms with Crippen molar-refractivity contribution < 1.29 is 13.9 Å². The second-order valence-electron chi connectivity index (χ2n) is 4.02. The number of amides is 1. The molecule has 0 aromatic heterocycles. The Balaban J connectivity index is 4.37. The molecular weight excluding hydrogens is 209 g/mol. The summed E-state index contributed by atoms with van der Waals surface area (Å²) in [5, 5.41) is 0. The minimum atomic E-state index is -1.10. The van der Waals surface area contributed by atoms with Gasteiger partial charge in [0.15, 0.2) is 0 Å². The Hall–Kier alpha value is -1.32. The first kappa shape index (κ1) is 14.7. The summed E-state index contributed by atoms with van der Waals surface area (Å²) >= 11 is 0. The summed E-state index contributed by atoms with van der Waals surface area (Å²) in [6.07, 6.45) is 5.99. The van der Waals surface area contributed by atoms with Crippen molar-refractivity contribution in [1.82, 2.24) is 4.90 Å². The molecule has 0 heterocycles. The van der Waals surface area contributed by atoms with Crippen LogP contribution in [0.4, 0.5) is 9.18 Å². The van der Waals surface area contributed by atoms with Gasteiger partial charge in [-0.2, -0.15) is 0 Å². The van der Waals surface area contributed by atoms with Gasteiger partial charge in [-0.1, -0.05) is 26.0 Å². The number of hydrogen-bond donors (Lipinski definition) is 0. The standard InChI is InChI=1S/C12H20FNO2/c1-5-7-8-9-14(6-2)11(15)16-12(3,4)10-13/h6,8-9H,2,5,7,10H2,1,3-4H3/b9-8-. The number of hydrogen-bond acceptors (Lipinski definition) is 2. The predicted molar refractivity (Wildman–Crippen MR) is 62.6 cm³/mol. The van der Waals surface area contributed by atoms with Gasteiger partial charge in [0.2, 0.25) is 0 Å². The van der Waals surface area contributed by atoms with Crippen LogP contribution in [0.3, 0.4) is 0 Å². The van der Waals surface area contributed by atoms with Crippen molar-refractivity contribution >= 4 is 6.09 Å². The SMILES string of the molecule is C=CN(/C=C\CCC)C(=O)OC(C)(C)CF. The van der Waals surface area contributed by atoms with Gasteiger partial charge in [-0.3, -0.25) is 4.90 Å². The molecule has 0 saturated heterocycles. The maximum atomic E-state index is 12.5. The lowest BCUT2D eigenvalue weighted by atomic mass is 10.2. The smallest absolute Gasteiger partial charge is 0.418 e. The van der Waals surface area contributed by atoms with E-state index in [1.165, 1.54) is 24.9 Å². The van der Waals surface area contributed by atoms with Crippen molar-refractivity contribution in [3.8, 4) is 0 Å². The molecular formula is C12H20FNO2.